The lowest BCUT2D eigenvalue weighted by atomic mass is 10.1. The van der Waals surface area contributed by atoms with Crippen molar-refractivity contribution >= 4 is 17.4 Å². The summed E-state index contributed by atoms with van der Waals surface area (Å²) in [6.45, 7) is 5.86. The molecule has 1 fully saturated rings. The number of aromatic nitrogens is 1. The van der Waals surface area contributed by atoms with E-state index in [2.05, 4.69) is 22.1 Å². The number of anilines is 2. The first-order valence-electron chi connectivity index (χ1n) is 8.79. The van der Waals surface area contributed by atoms with Crippen molar-refractivity contribution in [3.05, 3.63) is 53.7 Å². The van der Waals surface area contributed by atoms with Crippen LogP contribution < -0.4 is 5.32 Å². The van der Waals surface area contributed by atoms with Crippen LogP contribution in [0.5, 0.6) is 0 Å². The summed E-state index contributed by atoms with van der Waals surface area (Å²) in [4.78, 5) is 21.1. The molecular formula is C19H21F3N4O. The molecule has 1 saturated heterocycles. The highest BCUT2D eigenvalue weighted by Gasteiger charge is 2.30. The molecule has 0 unspecified atom stereocenters. The molecule has 144 valence electrons. The number of hydrogen-bond donors (Lipinski definition) is 1. The van der Waals surface area contributed by atoms with Crippen molar-refractivity contribution in [2.24, 2.45) is 0 Å². The third-order valence-electron chi connectivity index (χ3n) is 4.60. The summed E-state index contributed by atoms with van der Waals surface area (Å²) >= 11 is 0. The average molecular weight is 378 g/mol. The van der Waals surface area contributed by atoms with E-state index in [-0.39, 0.29) is 17.4 Å². The number of halogens is 3. The number of alkyl halides is 3. The van der Waals surface area contributed by atoms with E-state index in [4.69, 9.17) is 0 Å². The number of likely N-dealkylation sites (N-methyl/N-ethyl adjacent to an activating group) is 1. The van der Waals surface area contributed by atoms with E-state index in [9.17, 15) is 18.0 Å². The van der Waals surface area contributed by atoms with Gasteiger partial charge < -0.3 is 15.1 Å². The molecule has 0 saturated carbocycles. The van der Waals surface area contributed by atoms with Crippen molar-refractivity contribution in [1.29, 1.82) is 0 Å². The lowest BCUT2D eigenvalue weighted by Gasteiger charge is -2.34. The monoisotopic (exact) mass is 378 g/mol. The van der Waals surface area contributed by atoms with Crippen LogP contribution in [-0.4, -0.2) is 53.4 Å². The Morgan fingerprint density at radius 1 is 1.15 bits per heavy atom. The molecule has 1 amide bonds. The van der Waals surface area contributed by atoms with Gasteiger partial charge in [-0.3, -0.25) is 4.79 Å². The van der Waals surface area contributed by atoms with Crippen LogP contribution in [0.1, 0.15) is 22.8 Å². The molecule has 0 bridgehead atoms. The molecule has 2 aromatic rings. The molecule has 1 N–H and O–H groups in total. The Bertz CT molecular complexity index is 802. The van der Waals surface area contributed by atoms with Crippen LogP contribution in [-0.2, 0) is 6.18 Å². The van der Waals surface area contributed by atoms with Gasteiger partial charge in [0.15, 0.2) is 0 Å². The Morgan fingerprint density at radius 3 is 2.56 bits per heavy atom. The summed E-state index contributed by atoms with van der Waals surface area (Å²) in [6, 6.07) is 8.12. The smallest absolute Gasteiger partial charge is 0.340 e. The summed E-state index contributed by atoms with van der Waals surface area (Å²) in [7, 11) is 0. The Kier molecular flexibility index (Phi) is 5.65. The van der Waals surface area contributed by atoms with Gasteiger partial charge in [0.2, 0.25) is 0 Å². The molecule has 5 nitrogen and oxygen atoms in total. The number of benzene rings is 1. The third-order valence-corrected chi connectivity index (χ3v) is 4.60. The van der Waals surface area contributed by atoms with Gasteiger partial charge in [0.05, 0.1) is 11.1 Å². The third kappa shape index (κ3) is 4.57. The molecule has 1 aliphatic heterocycles. The van der Waals surface area contributed by atoms with Gasteiger partial charge in [-0.15, -0.1) is 0 Å². The number of carbonyl (C=O) groups is 1. The zero-order valence-electron chi connectivity index (χ0n) is 15.0. The number of amides is 1. The van der Waals surface area contributed by atoms with E-state index in [1.165, 1.54) is 18.3 Å². The number of carbonyl (C=O) groups excluding carboxylic acids is 1. The fourth-order valence-electron chi connectivity index (χ4n) is 3.03. The molecule has 27 heavy (non-hydrogen) atoms. The van der Waals surface area contributed by atoms with Gasteiger partial charge in [-0.25, -0.2) is 4.98 Å². The van der Waals surface area contributed by atoms with Crippen LogP contribution in [0.15, 0.2) is 42.6 Å². The molecule has 1 aromatic heterocycles. The van der Waals surface area contributed by atoms with Gasteiger partial charge in [0, 0.05) is 38.1 Å². The van der Waals surface area contributed by atoms with Crippen LogP contribution in [0.25, 0.3) is 0 Å². The minimum absolute atomic E-state index is 0.173. The standard InChI is InChI=1S/C19H21F3N4O/c1-2-25-9-11-26(12-10-25)18(27)16-7-4-8-23-17(16)24-15-6-3-5-14(13-15)19(20,21)22/h3-8,13H,2,9-12H2,1H3,(H,23,24). The van der Waals surface area contributed by atoms with Crippen molar-refractivity contribution in [2.45, 2.75) is 13.1 Å². The lowest BCUT2D eigenvalue weighted by molar-refractivity contribution is -0.137. The number of piperazine rings is 1. The predicted molar refractivity (Wildman–Crippen MR) is 97.0 cm³/mol. The van der Waals surface area contributed by atoms with Crippen LogP contribution >= 0.6 is 0 Å². The Labute approximate surface area is 155 Å². The van der Waals surface area contributed by atoms with E-state index in [1.54, 1.807) is 17.0 Å². The SMILES string of the molecule is CCN1CCN(C(=O)c2cccnc2Nc2cccc(C(F)(F)F)c2)CC1. The van der Waals surface area contributed by atoms with E-state index in [0.717, 1.165) is 31.8 Å². The minimum atomic E-state index is -4.43. The highest BCUT2D eigenvalue weighted by atomic mass is 19.4. The molecule has 3 rings (SSSR count). The Morgan fingerprint density at radius 2 is 1.89 bits per heavy atom. The van der Waals surface area contributed by atoms with Gasteiger partial charge in [-0.2, -0.15) is 13.2 Å². The maximum atomic E-state index is 12.9. The molecule has 8 heteroatoms. The lowest BCUT2D eigenvalue weighted by Crippen LogP contribution is -2.48. The minimum Gasteiger partial charge on any atom is -0.340 e. The molecule has 0 radical (unpaired) electrons. The highest BCUT2D eigenvalue weighted by Crippen LogP contribution is 2.31. The van der Waals surface area contributed by atoms with Crippen molar-refractivity contribution in [1.82, 2.24) is 14.8 Å². The van der Waals surface area contributed by atoms with Crippen LogP contribution in [0, 0.1) is 0 Å². The average Bonchev–Trinajstić information content (AvgIpc) is 2.67. The van der Waals surface area contributed by atoms with E-state index in [1.807, 2.05) is 0 Å². The predicted octanol–water partition coefficient (Wildman–Crippen LogP) is 3.62. The zero-order chi connectivity index (χ0) is 19.4. The number of nitrogens with zero attached hydrogens (tertiary/aromatic N) is 3. The number of rotatable bonds is 4. The summed E-state index contributed by atoms with van der Waals surface area (Å²) in [6.07, 6.45) is -2.93. The fourth-order valence-corrected chi connectivity index (χ4v) is 3.03. The fraction of sp³-hybridized carbons (Fsp3) is 0.368. The second-order valence-electron chi connectivity index (χ2n) is 6.33. The maximum absolute atomic E-state index is 12.9. The second-order valence-corrected chi connectivity index (χ2v) is 6.33. The van der Waals surface area contributed by atoms with E-state index >= 15 is 0 Å². The quantitative estimate of drug-likeness (QED) is 0.883. The summed E-state index contributed by atoms with van der Waals surface area (Å²) in [5, 5.41) is 2.86. The number of nitrogens with one attached hydrogen (secondary N) is 1. The van der Waals surface area contributed by atoms with Gasteiger partial charge in [0.1, 0.15) is 5.82 Å². The number of hydrogen-bond acceptors (Lipinski definition) is 4. The largest absolute Gasteiger partial charge is 0.416 e. The topological polar surface area (TPSA) is 48.5 Å². The molecular weight excluding hydrogens is 357 g/mol. The molecule has 2 heterocycles. The van der Waals surface area contributed by atoms with Crippen LogP contribution in [0.2, 0.25) is 0 Å². The van der Waals surface area contributed by atoms with Crippen molar-refractivity contribution in [2.75, 3.05) is 38.0 Å². The van der Waals surface area contributed by atoms with Crippen LogP contribution in [0.3, 0.4) is 0 Å². The van der Waals surface area contributed by atoms with Gasteiger partial charge in [-0.1, -0.05) is 13.0 Å². The summed E-state index contributed by atoms with van der Waals surface area (Å²) in [5.74, 6) is 0.0769. The van der Waals surface area contributed by atoms with Gasteiger partial charge in [0.25, 0.3) is 5.91 Å². The number of pyridine rings is 1. The van der Waals surface area contributed by atoms with E-state index in [0.29, 0.717) is 18.7 Å². The van der Waals surface area contributed by atoms with Crippen molar-refractivity contribution < 1.29 is 18.0 Å². The first-order valence-corrected chi connectivity index (χ1v) is 8.79. The van der Waals surface area contributed by atoms with E-state index < -0.39 is 11.7 Å². The Hall–Kier alpha value is -2.61. The zero-order valence-corrected chi connectivity index (χ0v) is 15.0. The molecule has 0 spiro atoms. The maximum Gasteiger partial charge on any atom is 0.416 e. The first-order chi connectivity index (χ1) is 12.9. The second kappa shape index (κ2) is 7.96. The molecule has 0 atom stereocenters. The van der Waals surface area contributed by atoms with Gasteiger partial charge in [-0.05, 0) is 36.9 Å². The van der Waals surface area contributed by atoms with Crippen molar-refractivity contribution in [3.8, 4) is 0 Å². The summed E-state index contributed by atoms with van der Waals surface area (Å²) < 4.78 is 38.7. The summed E-state index contributed by atoms with van der Waals surface area (Å²) in [5.41, 5.74) is -0.180. The normalized spacial score (nSPS) is 15.6. The van der Waals surface area contributed by atoms with Crippen molar-refractivity contribution in [3.63, 3.8) is 0 Å². The van der Waals surface area contributed by atoms with Crippen LogP contribution in [0.4, 0.5) is 24.7 Å². The molecule has 1 aromatic carbocycles. The highest BCUT2D eigenvalue weighted by molar-refractivity contribution is 5.99. The first kappa shape index (κ1) is 19.2. The molecule has 1 aliphatic rings. The van der Waals surface area contributed by atoms with Gasteiger partial charge >= 0.3 is 6.18 Å². The molecule has 0 aliphatic carbocycles. The Balaban J connectivity index is 1.80.